The van der Waals surface area contributed by atoms with E-state index in [9.17, 15) is 9.59 Å². The Hall–Kier alpha value is 0.0803. The number of rotatable bonds is 4. The van der Waals surface area contributed by atoms with Gasteiger partial charge in [0.15, 0.2) is 0 Å². The third-order valence-electron chi connectivity index (χ3n) is 2.36. The fourth-order valence-electron chi connectivity index (χ4n) is 0.498. The van der Waals surface area contributed by atoms with Gasteiger partial charge in [-0.1, -0.05) is 19.8 Å². The van der Waals surface area contributed by atoms with Gasteiger partial charge in [-0.3, -0.25) is 9.59 Å². The standard InChI is InChI=1S/C7H12O2.C5H11.Au/c1-5(8)7(3,4)6(2)9;1-3-5-4-2;/h1-4H3;1,3-5H2,2H3;/q;-1;+1. The van der Waals surface area contributed by atoms with Crippen molar-refractivity contribution in [3.63, 3.8) is 0 Å². The van der Waals surface area contributed by atoms with Crippen LogP contribution in [0.1, 0.15) is 53.9 Å². The van der Waals surface area contributed by atoms with E-state index in [1.54, 1.807) is 13.8 Å². The maximum Gasteiger partial charge on any atom is 1.00 e. The molecule has 0 heterocycles. The van der Waals surface area contributed by atoms with Crippen LogP contribution >= 0.6 is 0 Å². The quantitative estimate of drug-likeness (QED) is 0.416. The molecule has 0 spiro atoms. The van der Waals surface area contributed by atoms with E-state index in [4.69, 9.17) is 0 Å². The van der Waals surface area contributed by atoms with Gasteiger partial charge in [0, 0.05) is 0 Å². The summed E-state index contributed by atoms with van der Waals surface area (Å²) < 4.78 is 0. The first kappa shape index (κ1) is 20.5. The van der Waals surface area contributed by atoms with Crippen molar-refractivity contribution in [3.8, 4) is 0 Å². The van der Waals surface area contributed by atoms with E-state index in [-0.39, 0.29) is 33.9 Å². The molecule has 0 aliphatic rings. The van der Waals surface area contributed by atoms with Gasteiger partial charge >= 0.3 is 22.4 Å². The van der Waals surface area contributed by atoms with Crippen molar-refractivity contribution >= 4 is 11.6 Å². The molecule has 0 aromatic rings. The Labute approximate surface area is 110 Å². The van der Waals surface area contributed by atoms with Crippen LogP contribution in [-0.2, 0) is 32.0 Å². The first-order chi connectivity index (χ1) is 6.30. The summed E-state index contributed by atoms with van der Waals surface area (Å²) in [6, 6.07) is 0. The van der Waals surface area contributed by atoms with Crippen molar-refractivity contribution < 1.29 is 32.0 Å². The molecule has 0 aromatic heterocycles. The third kappa shape index (κ3) is 10.4. The van der Waals surface area contributed by atoms with E-state index in [1.807, 2.05) is 0 Å². The van der Waals surface area contributed by atoms with Crippen molar-refractivity contribution in [2.24, 2.45) is 5.41 Å². The molecule has 15 heavy (non-hydrogen) atoms. The zero-order valence-corrected chi connectivity index (χ0v) is 12.6. The summed E-state index contributed by atoms with van der Waals surface area (Å²) >= 11 is 0. The number of carbonyl (C=O) groups excluding carboxylic acids is 2. The fourth-order valence-corrected chi connectivity index (χ4v) is 0.498. The molecule has 0 saturated heterocycles. The first-order valence-corrected chi connectivity index (χ1v) is 5.12. The molecule has 0 amide bonds. The predicted octanol–water partition coefficient (Wildman–Crippen LogP) is 3.20. The topological polar surface area (TPSA) is 34.1 Å². The van der Waals surface area contributed by atoms with E-state index in [2.05, 4.69) is 13.8 Å². The molecule has 0 bridgehead atoms. The van der Waals surface area contributed by atoms with Crippen LogP contribution in [0.2, 0.25) is 0 Å². The monoisotopic (exact) mass is 396 g/mol. The molecule has 0 radical (unpaired) electrons. The summed E-state index contributed by atoms with van der Waals surface area (Å²) in [7, 11) is 0. The average Bonchev–Trinajstić information content (AvgIpc) is 2.06. The largest absolute Gasteiger partial charge is 1.00 e. The van der Waals surface area contributed by atoms with Gasteiger partial charge in [-0.05, 0) is 27.7 Å². The SMILES string of the molecule is CC(=O)C(C)(C)C(C)=O.[Au+].[CH2-]CCCC. The number of hydrogen-bond donors (Lipinski definition) is 0. The number of ketones is 2. The summed E-state index contributed by atoms with van der Waals surface area (Å²) in [4.78, 5) is 21.4. The smallest absolute Gasteiger partial charge is 0.343 e. The Morgan fingerprint density at radius 1 is 1.13 bits per heavy atom. The van der Waals surface area contributed by atoms with Gasteiger partial charge in [0.05, 0.1) is 5.41 Å². The van der Waals surface area contributed by atoms with Crippen molar-refractivity contribution in [1.29, 1.82) is 0 Å². The Morgan fingerprint density at radius 3 is 1.47 bits per heavy atom. The second kappa shape index (κ2) is 10.6. The Bertz CT molecular complexity index is 168. The van der Waals surface area contributed by atoms with Crippen molar-refractivity contribution in [2.45, 2.75) is 53.9 Å². The second-order valence-corrected chi connectivity index (χ2v) is 3.94. The summed E-state index contributed by atoms with van der Waals surface area (Å²) in [5.74, 6) is -0.148. The van der Waals surface area contributed by atoms with E-state index in [1.165, 1.54) is 26.7 Å². The van der Waals surface area contributed by atoms with Crippen LogP contribution in [0.4, 0.5) is 0 Å². The average molecular weight is 396 g/mol. The minimum Gasteiger partial charge on any atom is -0.343 e. The Morgan fingerprint density at radius 2 is 1.47 bits per heavy atom. The first-order valence-electron chi connectivity index (χ1n) is 5.12. The predicted molar refractivity (Wildman–Crippen MR) is 60.0 cm³/mol. The molecular formula is C12H23AuO2. The van der Waals surface area contributed by atoms with Crippen LogP contribution in [-0.4, -0.2) is 11.6 Å². The summed E-state index contributed by atoms with van der Waals surface area (Å²) in [5, 5.41) is 0. The molecule has 0 fully saturated rings. The van der Waals surface area contributed by atoms with Gasteiger partial charge in [-0.15, -0.1) is 0 Å². The molecule has 3 heteroatoms. The zero-order chi connectivity index (χ0) is 11.8. The molecule has 0 unspecified atom stereocenters. The zero-order valence-electron chi connectivity index (χ0n) is 10.4. The van der Waals surface area contributed by atoms with Crippen LogP contribution in [0.5, 0.6) is 0 Å². The molecule has 0 N–H and O–H groups in total. The van der Waals surface area contributed by atoms with Gasteiger partial charge in [0.1, 0.15) is 11.6 Å². The number of hydrogen-bond acceptors (Lipinski definition) is 2. The Kier molecular flexibility index (Phi) is 14.5. The van der Waals surface area contributed by atoms with Gasteiger partial charge in [-0.2, -0.15) is 6.42 Å². The molecule has 0 saturated carbocycles. The van der Waals surface area contributed by atoms with Crippen molar-refractivity contribution in [1.82, 2.24) is 0 Å². The number of carbonyl (C=O) groups is 2. The molecule has 0 aliphatic carbocycles. The second-order valence-electron chi connectivity index (χ2n) is 3.94. The van der Waals surface area contributed by atoms with Crippen LogP contribution in [0.3, 0.4) is 0 Å². The molecular weight excluding hydrogens is 373 g/mol. The molecule has 94 valence electrons. The molecule has 2 nitrogen and oxygen atoms in total. The maximum absolute atomic E-state index is 10.7. The molecule has 0 aliphatic heterocycles. The minimum absolute atomic E-state index is 0. The molecule has 0 rings (SSSR count). The fraction of sp³-hybridized carbons (Fsp3) is 0.750. The summed E-state index contributed by atoms with van der Waals surface area (Å²) in [6.45, 7) is 12.0. The van der Waals surface area contributed by atoms with Gasteiger partial charge in [0.25, 0.3) is 0 Å². The van der Waals surface area contributed by atoms with Crippen LogP contribution in [0.25, 0.3) is 0 Å². The van der Waals surface area contributed by atoms with E-state index in [0.29, 0.717) is 0 Å². The number of Topliss-reactive ketones (excluding diaryl/α,β-unsaturated/α-hetero) is 2. The summed E-state index contributed by atoms with van der Waals surface area (Å²) in [6.07, 6.45) is 3.65. The van der Waals surface area contributed by atoms with Crippen LogP contribution < -0.4 is 0 Å². The minimum atomic E-state index is -0.778. The van der Waals surface area contributed by atoms with E-state index in [0.717, 1.165) is 6.42 Å². The van der Waals surface area contributed by atoms with E-state index >= 15 is 0 Å². The maximum atomic E-state index is 10.7. The van der Waals surface area contributed by atoms with Crippen LogP contribution in [0.15, 0.2) is 0 Å². The molecule has 0 atom stereocenters. The Balaban J connectivity index is -0.000000208. The van der Waals surface area contributed by atoms with Gasteiger partial charge < -0.3 is 6.92 Å². The normalized spacial score (nSPS) is 9.47. The van der Waals surface area contributed by atoms with Crippen molar-refractivity contribution in [2.75, 3.05) is 0 Å². The summed E-state index contributed by atoms with van der Waals surface area (Å²) in [5.41, 5.74) is -0.778. The van der Waals surface area contributed by atoms with Crippen LogP contribution in [0, 0.1) is 12.3 Å². The molecule has 0 aromatic carbocycles. The number of unbranched alkanes of at least 4 members (excludes halogenated alkanes) is 2. The van der Waals surface area contributed by atoms with Crippen molar-refractivity contribution in [3.05, 3.63) is 6.92 Å². The van der Waals surface area contributed by atoms with Gasteiger partial charge in [0.2, 0.25) is 0 Å². The van der Waals surface area contributed by atoms with E-state index < -0.39 is 5.41 Å². The third-order valence-corrected chi connectivity index (χ3v) is 2.36. The van der Waals surface area contributed by atoms with Gasteiger partial charge in [-0.25, -0.2) is 0 Å².